The molecule has 1 heterocycles. The molecule has 0 amide bonds. The van der Waals surface area contributed by atoms with Crippen molar-refractivity contribution in [2.45, 2.75) is 33.1 Å². The van der Waals surface area contributed by atoms with Crippen molar-refractivity contribution < 1.29 is 9.84 Å². The predicted molar refractivity (Wildman–Crippen MR) is 79.3 cm³/mol. The van der Waals surface area contributed by atoms with Crippen LogP contribution in [-0.2, 0) is 0 Å². The van der Waals surface area contributed by atoms with E-state index < -0.39 is 12.3 Å². The molecule has 108 valence electrons. The number of hydrogen-bond donors (Lipinski definition) is 1. The average molecular weight is 340 g/mol. The van der Waals surface area contributed by atoms with Gasteiger partial charge in [0.2, 0.25) is 6.23 Å². The number of halogens is 1. The van der Waals surface area contributed by atoms with Crippen molar-refractivity contribution >= 4 is 15.9 Å². The lowest BCUT2D eigenvalue weighted by Crippen LogP contribution is -2.38. The highest BCUT2D eigenvalue weighted by Gasteiger charge is 2.34. The van der Waals surface area contributed by atoms with Crippen LogP contribution in [0.5, 0.6) is 5.75 Å². The summed E-state index contributed by atoms with van der Waals surface area (Å²) in [5.41, 5.74) is -0.341. The number of aliphatic hydroxyl groups excluding tert-OH is 1. The first-order valence-electron chi connectivity index (χ1n) is 6.32. The van der Waals surface area contributed by atoms with Gasteiger partial charge >= 0.3 is 0 Å². The second kappa shape index (κ2) is 5.93. The molecule has 0 aliphatic rings. The minimum Gasteiger partial charge on any atom is -0.466 e. The highest BCUT2D eigenvalue weighted by molar-refractivity contribution is 9.10. The Kier molecular flexibility index (Phi) is 4.45. The number of hydrogen-bond acceptors (Lipinski definition) is 4. The van der Waals surface area contributed by atoms with Gasteiger partial charge in [-0.15, -0.1) is 0 Å². The maximum absolute atomic E-state index is 10.5. The van der Waals surface area contributed by atoms with E-state index in [2.05, 4.69) is 26.0 Å². The summed E-state index contributed by atoms with van der Waals surface area (Å²) in [4.78, 5) is 3.92. The predicted octanol–water partition coefficient (Wildman–Crippen LogP) is 3.03. The summed E-state index contributed by atoms with van der Waals surface area (Å²) in [7, 11) is 0. The molecule has 0 aliphatic heterocycles. The van der Waals surface area contributed by atoms with Gasteiger partial charge in [0.1, 0.15) is 24.5 Å². The molecule has 20 heavy (non-hydrogen) atoms. The van der Waals surface area contributed by atoms with Gasteiger partial charge in [-0.3, -0.25) is 0 Å². The van der Waals surface area contributed by atoms with Crippen molar-refractivity contribution in [3.63, 3.8) is 0 Å². The third-order valence-electron chi connectivity index (χ3n) is 2.93. The quantitative estimate of drug-likeness (QED) is 0.929. The van der Waals surface area contributed by atoms with Crippen LogP contribution in [0.4, 0.5) is 0 Å². The molecule has 0 radical (unpaired) electrons. The van der Waals surface area contributed by atoms with Gasteiger partial charge < -0.3 is 9.84 Å². The standard InChI is InChI=1S/C14H18BrN3O2/c1-14(2,3)12(19)13(18-9-16-8-17-18)20-11-6-4-10(15)5-7-11/h4-9,12-13,19H,1-3H3. The van der Waals surface area contributed by atoms with E-state index in [1.54, 1.807) is 6.33 Å². The first kappa shape index (κ1) is 15.0. The lowest BCUT2D eigenvalue weighted by atomic mass is 9.88. The van der Waals surface area contributed by atoms with Gasteiger partial charge in [0, 0.05) is 4.47 Å². The number of benzene rings is 1. The molecule has 1 aromatic heterocycles. The fourth-order valence-electron chi connectivity index (χ4n) is 1.69. The highest BCUT2D eigenvalue weighted by atomic mass is 79.9. The average Bonchev–Trinajstić information content (AvgIpc) is 2.90. The molecule has 0 saturated heterocycles. The van der Waals surface area contributed by atoms with Gasteiger partial charge in [0.25, 0.3) is 0 Å². The molecule has 0 bridgehead atoms. The van der Waals surface area contributed by atoms with Gasteiger partial charge in [-0.25, -0.2) is 9.67 Å². The van der Waals surface area contributed by atoms with Crippen LogP contribution in [-0.4, -0.2) is 26.0 Å². The van der Waals surface area contributed by atoms with Gasteiger partial charge in [-0.1, -0.05) is 36.7 Å². The highest BCUT2D eigenvalue weighted by Crippen LogP contribution is 2.30. The Balaban J connectivity index is 2.26. The SMILES string of the molecule is CC(C)(C)C(O)C(Oc1ccc(Br)cc1)n1cncn1. The number of ether oxygens (including phenoxy) is 1. The first-order chi connectivity index (χ1) is 9.38. The van der Waals surface area contributed by atoms with Crippen molar-refractivity contribution in [3.8, 4) is 5.75 Å². The smallest absolute Gasteiger partial charge is 0.219 e. The van der Waals surface area contributed by atoms with Crippen LogP contribution >= 0.6 is 15.9 Å². The molecule has 2 unspecified atom stereocenters. The fourth-order valence-corrected chi connectivity index (χ4v) is 1.96. The fraction of sp³-hybridized carbons (Fsp3) is 0.429. The van der Waals surface area contributed by atoms with Gasteiger partial charge in [-0.05, 0) is 29.7 Å². The van der Waals surface area contributed by atoms with Crippen LogP contribution in [0, 0.1) is 5.41 Å². The number of rotatable bonds is 4. The molecular weight excluding hydrogens is 322 g/mol. The van der Waals surface area contributed by atoms with Crippen LogP contribution in [0.2, 0.25) is 0 Å². The van der Waals surface area contributed by atoms with E-state index in [9.17, 15) is 5.11 Å². The molecule has 0 spiro atoms. The second-order valence-electron chi connectivity index (χ2n) is 5.65. The maximum Gasteiger partial charge on any atom is 0.219 e. The number of nitrogens with zero attached hydrogens (tertiary/aromatic N) is 3. The van der Waals surface area contributed by atoms with E-state index in [0.717, 1.165) is 4.47 Å². The largest absolute Gasteiger partial charge is 0.466 e. The Hall–Kier alpha value is -1.40. The molecule has 1 aromatic carbocycles. The topological polar surface area (TPSA) is 60.2 Å². The molecule has 0 saturated carbocycles. The third-order valence-corrected chi connectivity index (χ3v) is 3.45. The minimum absolute atomic E-state index is 0.341. The molecule has 6 heteroatoms. The Bertz CT molecular complexity index is 535. The monoisotopic (exact) mass is 339 g/mol. The summed E-state index contributed by atoms with van der Waals surface area (Å²) in [6.07, 6.45) is 1.61. The molecule has 5 nitrogen and oxygen atoms in total. The van der Waals surface area contributed by atoms with E-state index in [-0.39, 0.29) is 5.41 Å². The van der Waals surface area contributed by atoms with Crippen LogP contribution in [0.1, 0.15) is 27.0 Å². The zero-order chi connectivity index (χ0) is 14.8. The van der Waals surface area contributed by atoms with Crippen LogP contribution in [0.3, 0.4) is 0 Å². The van der Waals surface area contributed by atoms with Crippen molar-refractivity contribution in [2.24, 2.45) is 5.41 Å². The zero-order valence-electron chi connectivity index (χ0n) is 11.7. The lowest BCUT2D eigenvalue weighted by molar-refractivity contribution is -0.0731. The van der Waals surface area contributed by atoms with Crippen molar-refractivity contribution in [3.05, 3.63) is 41.4 Å². The molecule has 0 aliphatic carbocycles. The van der Waals surface area contributed by atoms with Crippen molar-refractivity contribution in [1.29, 1.82) is 0 Å². The molecule has 2 rings (SSSR count). The van der Waals surface area contributed by atoms with Gasteiger partial charge in [0.15, 0.2) is 0 Å². The molecular formula is C14H18BrN3O2. The molecule has 0 fully saturated rings. The second-order valence-corrected chi connectivity index (χ2v) is 6.56. The molecule has 1 N–H and O–H groups in total. The summed E-state index contributed by atoms with van der Waals surface area (Å²) in [6, 6.07) is 7.45. The Morgan fingerprint density at radius 3 is 2.40 bits per heavy atom. The first-order valence-corrected chi connectivity index (χ1v) is 7.11. The van der Waals surface area contributed by atoms with Crippen LogP contribution in [0.25, 0.3) is 0 Å². The van der Waals surface area contributed by atoms with Gasteiger partial charge in [0.05, 0.1) is 0 Å². The molecule has 2 atom stereocenters. The maximum atomic E-state index is 10.5. The number of aliphatic hydroxyl groups is 1. The van der Waals surface area contributed by atoms with E-state index >= 15 is 0 Å². The minimum atomic E-state index is -0.729. The zero-order valence-corrected chi connectivity index (χ0v) is 13.3. The Labute approximate surface area is 126 Å². The summed E-state index contributed by atoms with van der Waals surface area (Å²) < 4.78 is 8.39. The lowest BCUT2D eigenvalue weighted by Gasteiger charge is -2.32. The van der Waals surface area contributed by atoms with Crippen molar-refractivity contribution in [2.75, 3.05) is 0 Å². The summed E-state index contributed by atoms with van der Waals surface area (Å²) in [6.45, 7) is 5.85. The van der Waals surface area contributed by atoms with Crippen LogP contribution in [0.15, 0.2) is 41.4 Å². The van der Waals surface area contributed by atoms with E-state index in [0.29, 0.717) is 5.75 Å². The summed E-state index contributed by atoms with van der Waals surface area (Å²) in [5.74, 6) is 0.664. The van der Waals surface area contributed by atoms with Crippen LogP contribution < -0.4 is 4.74 Å². The van der Waals surface area contributed by atoms with Crippen molar-refractivity contribution in [1.82, 2.24) is 14.8 Å². The Morgan fingerprint density at radius 2 is 1.90 bits per heavy atom. The summed E-state index contributed by atoms with van der Waals surface area (Å²) >= 11 is 3.38. The third kappa shape index (κ3) is 3.58. The Morgan fingerprint density at radius 1 is 1.25 bits per heavy atom. The molecule has 2 aromatic rings. The van der Waals surface area contributed by atoms with Gasteiger partial charge in [-0.2, -0.15) is 5.10 Å². The van der Waals surface area contributed by atoms with E-state index in [4.69, 9.17) is 4.74 Å². The number of aromatic nitrogens is 3. The summed E-state index contributed by atoms with van der Waals surface area (Å²) in [5, 5.41) is 14.6. The normalized spacial score (nSPS) is 14.8. The van der Waals surface area contributed by atoms with E-state index in [1.165, 1.54) is 11.0 Å². The van der Waals surface area contributed by atoms with E-state index in [1.807, 2.05) is 45.0 Å².